The van der Waals surface area contributed by atoms with E-state index in [9.17, 15) is 17.6 Å². The number of fused-ring (bicyclic) bond motifs is 1. The molecule has 4 aromatic rings. The van der Waals surface area contributed by atoms with E-state index in [0.29, 0.717) is 33.0 Å². The summed E-state index contributed by atoms with van der Waals surface area (Å²) in [4.78, 5) is 18.3. The number of nitrogens with zero attached hydrogens (tertiary/aromatic N) is 1. The summed E-state index contributed by atoms with van der Waals surface area (Å²) >= 11 is 3.38. The van der Waals surface area contributed by atoms with Crippen molar-refractivity contribution in [1.29, 1.82) is 0 Å². The van der Waals surface area contributed by atoms with Crippen molar-refractivity contribution < 1.29 is 17.6 Å². The maximum atomic E-state index is 13.9. The molecule has 140 valence electrons. The van der Waals surface area contributed by atoms with Gasteiger partial charge < -0.3 is 4.98 Å². The SMILES string of the molecule is O=Cc1ccc(-c2cc3c(Br)c(S(=O)(=O)c4ccccc4)cnc3[nH]2)cc1F. The molecule has 0 saturated carbocycles. The van der Waals surface area contributed by atoms with Crippen molar-refractivity contribution >= 4 is 43.1 Å². The maximum Gasteiger partial charge on any atom is 0.209 e. The number of sulfone groups is 1. The van der Waals surface area contributed by atoms with Crippen LogP contribution in [0.25, 0.3) is 22.3 Å². The van der Waals surface area contributed by atoms with Crippen LogP contribution in [0.15, 0.2) is 75.1 Å². The average molecular weight is 459 g/mol. The second kappa shape index (κ2) is 6.96. The average Bonchev–Trinajstić information content (AvgIpc) is 3.14. The third kappa shape index (κ3) is 3.04. The quantitative estimate of drug-likeness (QED) is 0.446. The zero-order valence-electron chi connectivity index (χ0n) is 14.2. The van der Waals surface area contributed by atoms with E-state index in [1.54, 1.807) is 30.3 Å². The summed E-state index contributed by atoms with van der Waals surface area (Å²) in [7, 11) is -3.75. The first-order chi connectivity index (χ1) is 13.4. The number of aromatic nitrogens is 2. The van der Waals surface area contributed by atoms with Crippen LogP contribution in [0.4, 0.5) is 4.39 Å². The smallest absolute Gasteiger partial charge is 0.209 e. The lowest BCUT2D eigenvalue weighted by Gasteiger charge is -2.06. The van der Waals surface area contributed by atoms with E-state index in [-0.39, 0.29) is 15.4 Å². The van der Waals surface area contributed by atoms with Crippen molar-refractivity contribution in [3.05, 3.63) is 76.6 Å². The third-order valence-corrected chi connectivity index (χ3v) is 7.24. The van der Waals surface area contributed by atoms with E-state index in [0.717, 1.165) is 0 Å². The number of aldehydes is 1. The Bertz CT molecular complexity index is 1320. The van der Waals surface area contributed by atoms with E-state index in [2.05, 4.69) is 25.9 Å². The first-order valence-corrected chi connectivity index (χ1v) is 10.4. The molecular weight excluding hydrogens is 447 g/mol. The zero-order valence-corrected chi connectivity index (χ0v) is 16.6. The van der Waals surface area contributed by atoms with Crippen molar-refractivity contribution in [2.24, 2.45) is 0 Å². The summed E-state index contributed by atoms with van der Waals surface area (Å²) < 4.78 is 40.2. The monoisotopic (exact) mass is 458 g/mol. The Kier molecular flexibility index (Phi) is 4.60. The number of rotatable bonds is 4. The van der Waals surface area contributed by atoms with Crippen molar-refractivity contribution in [1.82, 2.24) is 9.97 Å². The topological polar surface area (TPSA) is 79.9 Å². The van der Waals surface area contributed by atoms with Crippen LogP contribution in [0.3, 0.4) is 0 Å². The number of halogens is 2. The lowest BCUT2D eigenvalue weighted by Crippen LogP contribution is -2.03. The van der Waals surface area contributed by atoms with Crippen LogP contribution < -0.4 is 0 Å². The highest BCUT2D eigenvalue weighted by molar-refractivity contribution is 9.10. The van der Waals surface area contributed by atoms with Gasteiger partial charge in [-0.2, -0.15) is 0 Å². The lowest BCUT2D eigenvalue weighted by molar-refractivity contribution is 0.112. The van der Waals surface area contributed by atoms with Gasteiger partial charge in [-0.25, -0.2) is 17.8 Å². The molecule has 0 aliphatic heterocycles. The van der Waals surface area contributed by atoms with E-state index >= 15 is 0 Å². The van der Waals surface area contributed by atoms with E-state index in [1.165, 1.54) is 30.5 Å². The predicted molar refractivity (Wildman–Crippen MR) is 106 cm³/mol. The van der Waals surface area contributed by atoms with Crippen molar-refractivity contribution in [3.8, 4) is 11.3 Å². The summed E-state index contributed by atoms with van der Waals surface area (Å²) in [6.45, 7) is 0. The number of hydrogen-bond donors (Lipinski definition) is 1. The Morgan fingerprint density at radius 2 is 1.82 bits per heavy atom. The number of pyridine rings is 1. The fourth-order valence-electron chi connectivity index (χ4n) is 2.89. The molecule has 0 saturated heterocycles. The summed E-state index contributed by atoms with van der Waals surface area (Å²) in [5.41, 5.74) is 1.48. The summed E-state index contributed by atoms with van der Waals surface area (Å²) in [6.07, 6.45) is 1.73. The molecule has 0 amide bonds. The molecule has 2 aromatic carbocycles. The highest BCUT2D eigenvalue weighted by atomic mass is 79.9. The van der Waals surface area contributed by atoms with Crippen LogP contribution in [0, 0.1) is 5.82 Å². The molecule has 0 bridgehead atoms. The number of aromatic amines is 1. The molecule has 0 aliphatic rings. The van der Waals surface area contributed by atoms with Gasteiger partial charge in [0.15, 0.2) is 6.29 Å². The largest absolute Gasteiger partial charge is 0.339 e. The lowest BCUT2D eigenvalue weighted by atomic mass is 10.1. The number of carbonyl (C=O) groups is 1. The Morgan fingerprint density at radius 1 is 1.07 bits per heavy atom. The molecule has 2 heterocycles. The molecule has 0 aliphatic carbocycles. The van der Waals surface area contributed by atoms with Gasteiger partial charge in [-0.05, 0) is 46.3 Å². The molecule has 1 N–H and O–H groups in total. The van der Waals surface area contributed by atoms with Crippen LogP contribution in [0.1, 0.15) is 10.4 Å². The molecule has 4 rings (SSSR count). The Hall–Kier alpha value is -2.84. The van der Waals surface area contributed by atoms with E-state index < -0.39 is 15.7 Å². The van der Waals surface area contributed by atoms with Gasteiger partial charge in [-0.1, -0.05) is 24.3 Å². The van der Waals surface area contributed by atoms with Gasteiger partial charge >= 0.3 is 0 Å². The predicted octanol–water partition coefficient (Wildman–Crippen LogP) is 4.78. The summed E-state index contributed by atoms with van der Waals surface area (Å²) in [5.74, 6) is -0.634. The molecule has 28 heavy (non-hydrogen) atoms. The van der Waals surface area contributed by atoms with Crippen molar-refractivity contribution in [2.75, 3.05) is 0 Å². The first kappa shape index (κ1) is 18.5. The molecular formula is C20H12BrFN2O3S. The minimum Gasteiger partial charge on any atom is -0.339 e. The fraction of sp³-hybridized carbons (Fsp3) is 0. The number of hydrogen-bond acceptors (Lipinski definition) is 4. The molecule has 0 radical (unpaired) electrons. The summed E-state index contributed by atoms with van der Waals surface area (Å²) in [6, 6.07) is 14.0. The van der Waals surface area contributed by atoms with Gasteiger partial charge in [0.2, 0.25) is 9.84 Å². The van der Waals surface area contributed by atoms with Gasteiger partial charge in [-0.3, -0.25) is 4.79 Å². The second-order valence-electron chi connectivity index (χ2n) is 6.05. The van der Waals surface area contributed by atoms with Gasteiger partial charge in [0.05, 0.1) is 10.5 Å². The minimum atomic E-state index is -3.75. The Morgan fingerprint density at radius 3 is 2.50 bits per heavy atom. The second-order valence-corrected chi connectivity index (χ2v) is 8.76. The number of H-pyrrole nitrogens is 1. The molecule has 5 nitrogen and oxygen atoms in total. The Balaban J connectivity index is 1.85. The standard InChI is InChI=1S/C20H12BrFN2O3S/c21-19-15-9-17(12-6-7-13(11-25)16(22)8-12)24-20(15)23-10-18(19)28(26,27)14-4-2-1-3-5-14/h1-11H,(H,23,24). The normalized spacial score (nSPS) is 11.6. The van der Waals surface area contributed by atoms with Gasteiger partial charge in [0, 0.05) is 27.3 Å². The van der Waals surface area contributed by atoms with Crippen LogP contribution in [-0.2, 0) is 9.84 Å². The minimum absolute atomic E-state index is 0.0320. The van der Waals surface area contributed by atoms with Gasteiger partial charge in [0.25, 0.3) is 0 Å². The maximum absolute atomic E-state index is 13.9. The zero-order chi connectivity index (χ0) is 19.9. The Labute approximate surface area is 168 Å². The third-order valence-electron chi connectivity index (χ3n) is 4.34. The van der Waals surface area contributed by atoms with Gasteiger partial charge in [-0.15, -0.1) is 0 Å². The van der Waals surface area contributed by atoms with Crippen LogP contribution in [0.2, 0.25) is 0 Å². The molecule has 0 atom stereocenters. The molecule has 8 heteroatoms. The molecule has 2 aromatic heterocycles. The summed E-state index contributed by atoms with van der Waals surface area (Å²) in [5, 5.41) is 0.548. The number of nitrogens with one attached hydrogen (secondary N) is 1. The van der Waals surface area contributed by atoms with Gasteiger partial charge in [0.1, 0.15) is 16.4 Å². The van der Waals surface area contributed by atoms with Crippen molar-refractivity contribution in [2.45, 2.75) is 9.79 Å². The van der Waals surface area contributed by atoms with E-state index in [1.807, 2.05) is 0 Å². The molecule has 0 unspecified atom stereocenters. The van der Waals surface area contributed by atoms with Crippen LogP contribution in [0.5, 0.6) is 0 Å². The highest BCUT2D eigenvalue weighted by Gasteiger charge is 2.23. The number of carbonyl (C=O) groups excluding carboxylic acids is 1. The molecule has 0 spiro atoms. The fourth-order valence-corrected chi connectivity index (χ4v) is 5.24. The van der Waals surface area contributed by atoms with Crippen molar-refractivity contribution in [3.63, 3.8) is 0 Å². The first-order valence-electron chi connectivity index (χ1n) is 8.14. The molecule has 0 fully saturated rings. The van der Waals surface area contributed by atoms with Crippen LogP contribution >= 0.6 is 15.9 Å². The van der Waals surface area contributed by atoms with E-state index in [4.69, 9.17) is 0 Å². The van der Waals surface area contributed by atoms with Crippen LogP contribution in [-0.4, -0.2) is 24.7 Å². The highest BCUT2D eigenvalue weighted by Crippen LogP contribution is 2.35. The number of benzene rings is 2.